The summed E-state index contributed by atoms with van der Waals surface area (Å²) >= 11 is 0. The summed E-state index contributed by atoms with van der Waals surface area (Å²) in [7, 11) is 0. The van der Waals surface area contributed by atoms with Crippen molar-refractivity contribution in [2.75, 3.05) is 6.54 Å². The molecule has 90 valence electrons. The average Bonchev–Trinajstić information content (AvgIpc) is 2.30. The van der Waals surface area contributed by atoms with E-state index in [2.05, 4.69) is 10.3 Å². The van der Waals surface area contributed by atoms with Crippen molar-refractivity contribution < 1.29 is 14.0 Å². The fraction of sp³-hybridized carbons (Fsp3) is 0.364. The Labute approximate surface area is 97.6 Å². The Kier molecular flexibility index (Phi) is 3.03. The molecule has 17 heavy (non-hydrogen) atoms. The fourth-order valence-corrected chi connectivity index (χ4v) is 1.73. The first-order valence-electron chi connectivity index (χ1n) is 5.24. The van der Waals surface area contributed by atoms with Gasteiger partial charge in [0.1, 0.15) is 11.9 Å². The van der Waals surface area contributed by atoms with Gasteiger partial charge in [-0.3, -0.25) is 14.6 Å². The van der Waals surface area contributed by atoms with Gasteiger partial charge in [0.15, 0.2) is 0 Å². The normalized spacial score (nSPS) is 20.4. The Morgan fingerprint density at radius 3 is 3.00 bits per heavy atom. The predicted octanol–water partition coefficient (Wildman–Crippen LogP) is 0.0676. The molecule has 1 N–H and O–H groups in total. The molecule has 5 nitrogen and oxygen atoms in total. The number of hydrogen-bond acceptors (Lipinski definition) is 3. The van der Waals surface area contributed by atoms with Crippen LogP contribution >= 0.6 is 0 Å². The molecule has 1 aromatic rings. The van der Waals surface area contributed by atoms with Crippen LogP contribution in [0.5, 0.6) is 0 Å². The molecule has 0 aliphatic carbocycles. The van der Waals surface area contributed by atoms with E-state index in [4.69, 9.17) is 0 Å². The van der Waals surface area contributed by atoms with Crippen LogP contribution in [-0.4, -0.2) is 34.3 Å². The molecule has 0 bridgehead atoms. The maximum atomic E-state index is 12.9. The van der Waals surface area contributed by atoms with Crippen molar-refractivity contribution in [1.82, 2.24) is 15.2 Å². The second-order valence-corrected chi connectivity index (χ2v) is 3.93. The number of hydrogen-bond donors (Lipinski definition) is 1. The number of pyridine rings is 1. The molecule has 2 rings (SSSR count). The maximum Gasteiger partial charge on any atom is 0.242 e. The van der Waals surface area contributed by atoms with E-state index in [0.717, 1.165) is 6.20 Å². The SMILES string of the molecule is CC1C(=O)NCC(=O)N1Cc1cncc(F)c1. The van der Waals surface area contributed by atoms with Gasteiger partial charge >= 0.3 is 0 Å². The first kappa shape index (κ1) is 11.5. The molecule has 1 aliphatic rings. The minimum atomic E-state index is -0.542. The molecule has 2 amide bonds. The monoisotopic (exact) mass is 237 g/mol. The highest BCUT2D eigenvalue weighted by molar-refractivity contribution is 5.94. The van der Waals surface area contributed by atoms with Gasteiger partial charge in [0, 0.05) is 12.7 Å². The quantitative estimate of drug-likeness (QED) is 0.791. The van der Waals surface area contributed by atoms with Gasteiger partial charge in [-0.1, -0.05) is 0 Å². The lowest BCUT2D eigenvalue weighted by molar-refractivity contribution is -0.145. The van der Waals surface area contributed by atoms with Gasteiger partial charge < -0.3 is 10.2 Å². The minimum absolute atomic E-state index is 0.00802. The van der Waals surface area contributed by atoms with Crippen LogP contribution in [-0.2, 0) is 16.1 Å². The van der Waals surface area contributed by atoms with Crippen molar-refractivity contribution in [2.45, 2.75) is 19.5 Å². The third-order valence-corrected chi connectivity index (χ3v) is 2.70. The second-order valence-electron chi connectivity index (χ2n) is 3.93. The van der Waals surface area contributed by atoms with Crippen molar-refractivity contribution in [3.8, 4) is 0 Å². The number of halogens is 1. The van der Waals surface area contributed by atoms with Gasteiger partial charge in [0.2, 0.25) is 11.8 Å². The van der Waals surface area contributed by atoms with Crippen LogP contribution in [0.4, 0.5) is 4.39 Å². The molecule has 1 aliphatic heterocycles. The lowest BCUT2D eigenvalue weighted by atomic mass is 10.1. The smallest absolute Gasteiger partial charge is 0.242 e. The first-order chi connectivity index (χ1) is 8.08. The van der Waals surface area contributed by atoms with Crippen molar-refractivity contribution in [2.24, 2.45) is 0 Å². The summed E-state index contributed by atoms with van der Waals surface area (Å²) in [6.07, 6.45) is 2.58. The van der Waals surface area contributed by atoms with Crippen LogP contribution in [0.1, 0.15) is 12.5 Å². The minimum Gasteiger partial charge on any atom is -0.345 e. The van der Waals surface area contributed by atoms with Gasteiger partial charge in [-0.05, 0) is 18.6 Å². The van der Waals surface area contributed by atoms with E-state index in [1.807, 2.05) is 0 Å². The van der Waals surface area contributed by atoms with Crippen LogP contribution in [0.2, 0.25) is 0 Å². The molecule has 6 heteroatoms. The second kappa shape index (κ2) is 4.48. The lowest BCUT2D eigenvalue weighted by Crippen LogP contribution is -2.56. The Bertz CT molecular complexity index is 464. The number of aromatic nitrogens is 1. The zero-order valence-electron chi connectivity index (χ0n) is 9.31. The van der Waals surface area contributed by atoms with E-state index in [9.17, 15) is 14.0 Å². The molecule has 0 saturated carbocycles. The molecule has 1 unspecified atom stereocenters. The summed E-state index contributed by atoms with van der Waals surface area (Å²) in [6.45, 7) is 1.82. The number of nitrogens with one attached hydrogen (secondary N) is 1. The standard InChI is InChI=1S/C11H12FN3O2/c1-7-11(17)14-5-10(16)15(7)6-8-2-9(12)4-13-3-8/h2-4,7H,5-6H2,1H3,(H,14,17). The van der Waals surface area contributed by atoms with Gasteiger partial charge in [-0.2, -0.15) is 0 Å². The van der Waals surface area contributed by atoms with Crippen molar-refractivity contribution in [3.63, 3.8) is 0 Å². The highest BCUT2D eigenvalue weighted by Crippen LogP contribution is 2.11. The van der Waals surface area contributed by atoms with Gasteiger partial charge in [0.05, 0.1) is 12.7 Å². The lowest BCUT2D eigenvalue weighted by Gasteiger charge is -2.32. The van der Waals surface area contributed by atoms with Crippen LogP contribution in [0, 0.1) is 5.82 Å². The zero-order valence-corrected chi connectivity index (χ0v) is 9.31. The van der Waals surface area contributed by atoms with Crippen LogP contribution in [0.25, 0.3) is 0 Å². The van der Waals surface area contributed by atoms with Gasteiger partial charge in [0.25, 0.3) is 0 Å². The largest absolute Gasteiger partial charge is 0.345 e. The van der Waals surface area contributed by atoms with Gasteiger partial charge in [-0.25, -0.2) is 4.39 Å². The van der Waals surface area contributed by atoms with E-state index in [1.54, 1.807) is 6.92 Å². The first-order valence-corrected chi connectivity index (χ1v) is 5.24. The molecule has 1 fully saturated rings. The summed E-state index contributed by atoms with van der Waals surface area (Å²) in [5.41, 5.74) is 0.569. The van der Waals surface area contributed by atoms with E-state index in [1.165, 1.54) is 17.2 Å². The van der Waals surface area contributed by atoms with E-state index in [0.29, 0.717) is 5.56 Å². The van der Waals surface area contributed by atoms with E-state index in [-0.39, 0.29) is 24.9 Å². The molecule has 1 saturated heterocycles. The summed E-state index contributed by atoms with van der Waals surface area (Å²) in [4.78, 5) is 28.2. The summed E-state index contributed by atoms with van der Waals surface area (Å²) < 4.78 is 12.9. The van der Waals surface area contributed by atoms with Crippen LogP contribution in [0.3, 0.4) is 0 Å². The topological polar surface area (TPSA) is 62.3 Å². The van der Waals surface area contributed by atoms with Crippen molar-refractivity contribution >= 4 is 11.8 Å². The Balaban J connectivity index is 2.16. The Morgan fingerprint density at radius 2 is 2.29 bits per heavy atom. The number of amides is 2. The third kappa shape index (κ3) is 2.41. The number of piperazine rings is 1. The summed E-state index contributed by atoms with van der Waals surface area (Å²) in [5, 5.41) is 2.49. The number of rotatable bonds is 2. The summed E-state index contributed by atoms with van der Waals surface area (Å²) in [6, 6.07) is 0.763. The molecule has 1 atom stereocenters. The highest BCUT2D eigenvalue weighted by Gasteiger charge is 2.30. The van der Waals surface area contributed by atoms with Crippen LogP contribution < -0.4 is 5.32 Å². The summed E-state index contributed by atoms with van der Waals surface area (Å²) in [5.74, 6) is -0.834. The predicted molar refractivity (Wildman–Crippen MR) is 57.2 cm³/mol. The zero-order chi connectivity index (χ0) is 12.4. The van der Waals surface area contributed by atoms with Crippen molar-refractivity contribution in [3.05, 3.63) is 29.8 Å². The number of carbonyl (C=O) groups is 2. The van der Waals surface area contributed by atoms with E-state index < -0.39 is 11.9 Å². The van der Waals surface area contributed by atoms with Gasteiger partial charge in [-0.15, -0.1) is 0 Å². The van der Waals surface area contributed by atoms with E-state index >= 15 is 0 Å². The molecular weight excluding hydrogens is 225 g/mol. The number of nitrogens with zero attached hydrogens (tertiary/aromatic N) is 2. The fourth-order valence-electron chi connectivity index (χ4n) is 1.73. The third-order valence-electron chi connectivity index (χ3n) is 2.70. The molecule has 0 radical (unpaired) electrons. The van der Waals surface area contributed by atoms with Crippen molar-refractivity contribution in [1.29, 1.82) is 0 Å². The molecule has 2 heterocycles. The molecule has 1 aromatic heterocycles. The van der Waals surface area contributed by atoms with Crippen LogP contribution in [0.15, 0.2) is 18.5 Å². The maximum absolute atomic E-state index is 12.9. The average molecular weight is 237 g/mol. The number of carbonyl (C=O) groups excluding carboxylic acids is 2. The molecule has 0 spiro atoms. The Hall–Kier alpha value is -1.98. The highest BCUT2D eigenvalue weighted by atomic mass is 19.1. The Morgan fingerprint density at radius 1 is 1.53 bits per heavy atom. The molecule has 0 aromatic carbocycles. The molecular formula is C11H12FN3O2.